The van der Waals surface area contributed by atoms with Crippen molar-refractivity contribution in [2.45, 2.75) is 32.7 Å². The first kappa shape index (κ1) is 17.1. The largest absolute Gasteiger partial charge is 0.484 e. The van der Waals surface area contributed by atoms with Gasteiger partial charge in [0, 0.05) is 19.1 Å². The Labute approximate surface area is 136 Å². The van der Waals surface area contributed by atoms with Crippen molar-refractivity contribution in [3.8, 4) is 5.75 Å². The van der Waals surface area contributed by atoms with Gasteiger partial charge in [0.25, 0.3) is 5.91 Å². The van der Waals surface area contributed by atoms with E-state index in [0.717, 1.165) is 18.4 Å². The number of ether oxygens (including phenoxy) is 2. The summed E-state index contributed by atoms with van der Waals surface area (Å²) in [6.45, 7) is 5.27. The van der Waals surface area contributed by atoms with Crippen molar-refractivity contribution in [2.24, 2.45) is 0 Å². The molecule has 2 rings (SSSR count). The molecule has 23 heavy (non-hydrogen) atoms. The molecule has 0 bridgehead atoms. The number of benzene rings is 1. The Kier molecular flexibility index (Phi) is 6.26. The van der Waals surface area contributed by atoms with Gasteiger partial charge in [0.2, 0.25) is 0 Å². The minimum absolute atomic E-state index is 0.00950. The van der Waals surface area contributed by atoms with E-state index in [0.29, 0.717) is 25.4 Å². The molecule has 1 fully saturated rings. The lowest BCUT2D eigenvalue weighted by molar-refractivity contribution is -0.134. The zero-order valence-corrected chi connectivity index (χ0v) is 13.7. The highest BCUT2D eigenvalue weighted by Crippen LogP contribution is 2.14. The van der Waals surface area contributed by atoms with Gasteiger partial charge in [-0.2, -0.15) is 0 Å². The number of alkyl carbamates (subject to hydrolysis) is 1. The fraction of sp³-hybridized carbons (Fsp3) is 0.529. The zero-order valence-electron chi connectivity index (χ0n) is 13.7. The Balaban J connectivity index is 1.80. The Morgan fingerprint density at radius 2 is 2.22 bits per heavy atom. The van der Waals surface area contributed by atoms with Crippen molar-refractivity contribution in [1.29, 1.82) is 0 Å². The van der Waals surface area contributed by atoms with Crippen molar-refractivity contribution >= 4 is 12.0 Å². The summed E-state index contributed by atoms with van der Waals surface area (Å²) in [6, 6.07) is 7.54. The summed E-state index contributed by atoms with van der Waals surface area (Å²) in [7, 11) is 0. The first-order valence-corrected chi connectivity index (χ1v) is 7.99. The second kappa shape index (κ2) is 8.41. The van der Waals surface area contributed by atoms with E-state index in [2.05, 4.69) is 5.32 Å². The summed E-state index contributed by atoms with van der Waals surface area (Å²) in [6.07, 6.45) is 1.28. The molecule has 0 spiro atoms. The van der Waals surface area contributed by atoms with Crippen molar-refractivity contribution < 1.29 is 19.1 Å². The summed E-state index contributed by atoms with van der Waals surface area (Å²) in [5.74, 6) is 0.624. The van der Waals surface area contributed by atoms with Crippen LogP contribution in [0.3, 0.4) is 0 Å². The Hall–Kier alpha value is -2.24. The Bertz CT molecular complexity index is 547. The molecule has 1 aromatic rings. The summed E-state index contributed by atoms with van der Waals surface area (Å²) in [5, 5.41) is 2.79. The van der Waals surface area contributed by atoms with E-state index < -0.39 is 6.09 Å². The van der Waals surface area contributed by atoms with E-state index in [1.54, 1.807) is 11.8 Å². The van der Waals surface area contributed by atoms with Crippen molar-refractivity contribution in [3.63, 3.8) is 0 Å². The van der Waals surface area contributed by atoms with Crippen molar-refractivity contribution in [2.75, 3.05) is 26.3 Å². The molecule has 0 saturated carbocycles. The number of nitrogens with zero attached hydrogens (tertiary/aromatic N) is 1. The van der Waals surface area contributed by atoms with Gasteiger partial charge in [0.15, 0.2) is 6.61 Å². The lowest BCUT2D eigenvalue weighted by Crippen LogP contribution is -2.50. The smallest absolute Gasteiger partial charge is 0.407 e. The first-order chi connectivity index (χ1) is 11.1. The van der Waals surface area contributed by atoms with Gasteiger partial charge >= 0.3 is 6.09 Å². The summed E-state index contributed by atoms with van der Waals surface area (Å²) in [4.78, 5) is 25.5. The predicted octanol–water partition coefficient (Wildman–Crippen LogP) is 2.11. The standard InChI is InChI=1S/C17H24N2O4/c1-3-22-17(21)18-14-7-5-9-19(11-14)16(20)12-23-15-8-4-6-13(2)10-15/h4,6,8,10,14H,3,5,7,9,11-12H2,1-2H3,(H,18,21)/t14-/m1/s1. The van der Waals surface area contributed by atoms with Crippen molar-refractivity contribution in [1.82, 2.24) is 10.2 Å². The van der Waals surface area contributed by atoms with Gasteiger partial charge in [-0.3, -0.25) is 4.79 Å². The minimum Gasteiger partial charge on any atom is -0.484 e. The molecule has 1 heterocycles. The predicted molar refractivity (Wildman–Crippen MR) is 86.4 cm³/mol. The third-order valence-electron chi connectivity index (χ3n) is 3.72. The molecule has 0 aliphatic carbocycles. The highest BCUT2D eigenvalue weighted by atomic mass is 16.5. The van der Waals surface area contributed by atoms with Gasteiger partial charge in [-0.15, -0.1) is 0 Å². The van der Waals surface area contributed by atoms with E-state index in [9.17, 15) is 9.59 Å². The van der Waals surface area contributed by atoms with Gasteiger partial charge in [-0.25, -0.2) is 4.79 Å². The maximum absolute atomic E-state index is 12.3. The van der Waals surface area contributed by atoms with Crippen LogP contribution in [0, 0.1) is 6.92 Å². The van der Waals surface area contributed by atoms with Crippen LogP contribution in [0.1, 0.15) is 25.3 Å². The monoisotopic (exact) mass is 320 g/mol. The van der Waals surface area contributed by atoms with Crippen LogP contribution in [-0.4, -0.2) is 49.2 Å². The van der Waals surface area contributed by atoms with E-state index in [4.69, 9.17) is 9.47 Å². The molecule has 2 amide bonds. The van der Waals surface area contributed by atoms with Crippen LogP contribution in [-0.2, 0) is 9.53 Å². The van der Waals surface area contributed by atoms with Gasteiger partial charge in [0.1, 0.15) is 5.75 Å². The fourth-order valence-electron chi connectivity index (χ4n) is 2.60. The molecule has 126 valence electrons. The SMILES string of the molecule is CCOC(=O)N[C@@H]1CCCN(C(=O)COc2cccc(C)c2)C1. The molecule has 0 aromatic heterocycles. The summed E-state index contributed by atoms with van der Waals surface area (Å²) in [5.41, 5.74) is 1.09. The van der Waals surface area contributed by atoms with Gasteiger partial charge in [-0.05, 0) is 44.4 Å². The summed E-state index contributed by atoms with van der Waals surface area (Å²) >= 11 is 0. The molecular weight excluding hydrogens is 296 g/mol. The molecule has 0 radical (unpaired) electrons. The maximum atomic E-state index is 12.3. The van der Waals surface area contributed by atoms with Crippen LogP contribution in [0.4, 0.5) is 4.79 Å². The number of amides is 2. The quantitative estimate of drug-likeness (QED) is 0.902. The average molecular weight is 320 g/mol. The maximum Gasteiger partial charge on any atom is 0.407 e. The van der Waals surface area contributed by atoms with Gasteiger partial charge in [0.05, 0.1) is 6.61 Å². The number of piperidine rings is 1. The van der Waals surface area contributed by atoms with Crippen LogP contribution in [0.25, 0.3) is 0 Å². The average Bonchev–Trinajstić information content (AvgIpc) is 2.53. The van der Waals surface area contributed by atoms with Crippen LogP contribution in [0.2, 0.25) is 0 Å². The minimum atomic E-state index is -0.428. The van der Waals surface area contributed by atoms with E-state index in [-0.39, 0.29) is 18.6 Å². The first-order valence-electron chi connectivity index (χ1n) is 7.99. The van der Waals surface area contributed by atoms with E-state index in [1.165, 1.54) is 0 Å². The topological polar surface area (TPSA) is 67.9 Å². The number of hydrogen-bond acceptors (Lipinski definition) is 4. The van der Waals surface area contributed by atoms with Crippen LogP contribution >= 0.6 is 0 Å². The zero-order chi connectivity index (χ0) is 16.7. The number of carbonyl (C=O) groups excluding carboxylic acids is 2. The van der Waals surface area contributed by atoms with E-state index in [1.807, 2.05) is 31.2 Å². The lowest BCUT2D eigenvalue weighted by Gasteiger charge is -2.32. The van der Waals surface area contributed by atoms with E-state index >= 15 is 0 Å². The van der Waals surface area contributed by atoms with Crippen molar-refractivity contribution in [3.05, 3.63) is 29.8 Å². The lowest BCUT2D eigenvalue weighted by atomic mass is 10.1. The molecule has 1 atom stereocenters. The van der Waals surface area contributed by atoms with Crippen LogP contribution in [0.15, 0.2) is 24.3 Å². The highest BCUT2D eigenvalue weighted by Gasteiger charge is 2.25. The number of nitrogens with one attached hydrogen (secondary N) is 1. The second-order valence-electron chi connectivity index (χ2n) is 5.65. The highest BCUT2D eigenvalue weighted by molar-refractivity contribution is 5.78. The van der Waals surface area contributed by atoms with Gasteiger partial charge in [-0.1, -0.05) is 12.1 Å². The third-order valence-corrected chi connectivity index (χ3v) is 3.72. The molecular formula is C17H24N2O4. The Morgan fingerprint density at radius 3 is 2.96 bits per heavy atom. The molecule has 1 aliphatic heterocycles. The molecule has 1 saturated heterocycles. The normalized spacial score (nSPS) is 17.5. The number of rotatable bonds is 5. The third kappa shape index (κ3) is 5.47. The molecule has 1 aromatic carbocycles. The number of likely N-dealkylation sites (tertiary alicyclic amines) is 1. The van der Waals surface area contributed by atoms with Crippen LogP contribution in [0.5, 0.6) is 5.75 Å². The fourth-order valence-corrected chi connectivity index (χ4v) is 2.60. The number of carbonyl (C=O) groups is 2. The molecule has 1 N–H and O–H groups in total. The Morgan fingerprint density at radius 1 is 1.39 bits per heavy atom. The molecule has 6 nitrogen and oxygen atoms in total. The van der Waals surface area contributed by atoms with Gasteiger partial charge < -0.3 is 19.7 Å². The second-order valence-corrected chi connectivity index (χ2v) is 5.65. The number of aryl methyl sites for hydroxylation is 1. The number of hydrogen-bond donors (Lipinski definition) is 1. The molecule has 0 unspecified atom stereocenters. The molecule has 6 heteroatoms. The molecule has 1 aliphatic rings. The summed E-state index contributed by atoms with van der Waals surface area (Å²) < 4.78 is 10.4. The van der Waals surface area contributed by atoms with Crippen LogP contribution < -0.4 is 10.1 Å².